The zero-order chi connectivity index (χ0) is 20.2. The molecule has 3 aliphatic rings. The molecule has 0 aromatic heterocycles. The first-order chi connectivity index (χ1) is 14.1. The summed E-state index contributed by atoms with van der Waals surface area (Å²) < 4.78 is 0. The van der Waals surface area contributed by atoms with E-state index in [4.69, 9.17) is 0 Å². The van der Waals surface area contributed by atoms with Crippen LogP contribution in [0.1, 0.15) is 57.4 Å². The van der Waals surface area contributed by atoms with Crippen LogP contribution >= 0.6 is 0 Å². The fourth-order valence-electron chi connectivity index (χ4n) is 5.23. The molecule has 3 aliphatic heterocycles. The average Bonchev–Trinajstić information content (AvgIpc) is 3.07. The van der Waals surface area contributed by atoms with Gasteiger partial charge in [0.25, 0.3) is 0 Å². The van der Waals surface area contributed by atoms with E-state index >= 15 is 0 Å². The molecule has 1 unspecified atom stereocenters. The highest BCUT2D eigenvalue weighted by Crippen LogP contribution is 2.29. The molecular weight excluding hydrogens is 362 g/mol. The first kappa shape index (κ1) is 20.4. The molecule has 0 N–H and O–H groups in total. The van der Waals surface area contributed by atoms with E-state index in [1.807, 2.05) is 17.9 Å². The summed E-state index contributed by atoms with van der Waals surface area (Å²) in [6.07, 6.45) is 8.64. The van der Waals surface area contributed by atoms with Crippen LogP contribution in [0, 0.1) is 5.92 Å². The van der Waals surface area contributed by atoms with Gasteiger partial charge in [-0.1, -0.05) is 31.0 Å². The van der Waals surface area contributed by atoms with Gasteiger partial charge in [-0.05, 0) is 70.2 Å². The number of carbonyl (C=O) groups excluding carboxylic acids is 2. The molecule has 4 rings (SSSR count). The van der Waals surface area contributed by atoms with Crippen molar-refractivity contribution in [2.75, 3.05) is 37.6 Å². The number of piperidine rings is 1. The lowest BCUT2D eigenvalue weighted by atomic mass is 9.93. The Morgan fingerprint density at radius 3 is 2.31 bits per heavy atom. The van der Waals surface area contributed by atoms with Crippen molar-refractivity contribution < 1.29 is 9.59 Å². The maximum absolute atomic E-state index is 13.3. The first-order valence-corrected chi connectivity index (χ1v) is 11.6. The molecule has 29 heavy (non-hydrogen) atoms. The SMILES string of the molecule is CC(C(=O)N1CCCc2ccccc21)N1CCC(C(=O)N2CCCCCC2)CC1. The molecule has 5 nitrogen and oxygen atoms in total. The van der Waals surface area contributed by atoms with E-state index in [2.05, 4.69) is 28.0 Å². The minimum absolute atomic E-state index is 0.129. The number of fused-ring (bicyclic) bond motifs is 1. The first-order valence-electron chi connectivity index (χ1n) is 11.6. The number of hydrogen-bond acceptors (Lipinski definition) is 3. The van der Waals surface area contributed by atoms with Crippen LogP contribution in [0.2, 0.25) is 0 Å². The second-order valence-corrected chi connectivity index (χ2v) is 8.95. The number of benzene rings is 1. The van der Waals surface area contributed by atoms with Gasteiger partial charge in [-0.2, -0.15) is 0 Å². The summed E-state index contributed by atoms with van der Waals surface area (Å²) in [6.45, 7) is 6.39. The minimum Gasteiger partial charge on any atom is -0.342 e. The standard InChI is InChI=1S/C24H35N3O2/c1-19(23(28)27-16-8-10-20-9-4-5-11-22(20)27)25-17-12-21(13-18-25)24(29)26-14-6-2-3-7-15-26/h4-5,9,11,19,21H,2-3,6-8,10,12-18H2,1H3. The molecule has 0 aliphatic carbocycles. The normalized spacial score (nSPS) is 22.7. The number of rotatable bonds is 3. The van der Waals surface area contributed by atoms with E-state index in [1.165, 1.54) is 18.4 Å². The van der Waals surface area contributed by atoms with Crippen molar-refractivity contribution in [2.24, 2.45) is 5.92 Å². The largest absolute Gasteiger partial charge is 0.342 e. The maximum Gasteiger partial charge on any atom is 0.244 e. The Morgan fingerprint density at radius 1 is 0.897 bits per heavy atom. The molecule has 0 bridgehead atoms. The third-order valence-corrected chi connectivity index (χ3v) is 7.08. The monoisotopic (exact) mass is 397 g/mol. The van der Waals surface area contributed by atoms with Crippen LogP contribution in [0.25, 0.3) is 0 Å². The van der Waals surface area contributed by atoms with Crippen molar-refractivity contribution in [1.82, 2.24) is 9.80 Å². The van der Waals surface area contributed by atoms with E-state index in [9.17, 15) is 9.59 Å². The van der Waals surface area contributed by atoms with Crippen LogP contribution in [-0.4, -0.2) is 60.4 Å². The van der Waals surface area contributed by atoms with Crippen molar-refractivity contribution in [3.8, 4) is 0 Å². The summed E-state index contributed by atoms with van der Waals surface area (Å²) in [6, 6.07) is 8.16. The van der Waals surface area contributed by atoms with Gasteiger partial charge in [0.05, 0.1) is 6.04 Å². The topological polar surface area (TPSA) is 43.9 Å². The number of nitrogens with zero attached hydrogens (tertiary/aromatic N) is 3. The molecule has 1 aromatic carbocycles. The Labute approximate surface area is 175 Å². The van der Waals surface area contributed by atoms with Crippen molar-refractivity contribution in [3.05, 3.63) is 29.8 Å². The summed E-state index contributed by atoms with van der Waals surface area (Å²) in [5.41, 5.74) is 2.36. The number of para-hydroxylation sites is 1. The van der Waals surface area contributed by atoms with Gasteiger partial charge in [0.1, 0.15) is 0 Å². The fourth-order valence-corrected chi connectivity index (χ4v) is 5.23. The van der Waals surface area contributed by atoms with Crippen molar-refractivity contribution >= 4 is 17.5 Å². The lowest BCUT2D eigenvalue weighted by molar-refractivity contribution is -0.137. The predicted octanol–water partition coefficient (Wildman–Crippen LogP) is 3.47. The number of carbonyl (C=O) groups is 2. The predicted molar refractivity (Wildman–Crippen MR) is 116 cm³/mol. The summed E-state index contributed by atoms with van der Waals surface area (Å²) >= 11 is 0. The summed E-state index contributed by atoms with van der Waals surface area (Å²) in [4.78, 5) is 32.6. The third kappa shape index (κ3) is 4.50. The van der Waals surface area contributed by atoms with Gasteiger partial charge in [-0.15, -0.1) is 0 Å². The zero-order valence-electron chi connectivity index (χ0n) is 17.8. The average molecular weight is 398 g/mol. The third-order valence-electron chi connectivity index (χ3n) is 7.08. The molecule has 2 fully saturated rings. The second kappa shape index (κ2) is 9.29. The highest BCUT2D eigenvalue weighted by molar-refractivity contribution is 5.98. The Bertz CT molecular complexity index is 719. The Hall–Kier alpha value is -1.88. The number of aryl methyl sites for hydroxylation is 1. The molecule has 0 spiro atoms. The molecule has 158 valence electrons. The molecule has 0 radical (unpaired) electrons. The molecule has 1 aromatic rings. The van der Waals surface area contributed by atoms with Crippen LogP contribution in [0.15, 0.2) is 24.3 Å². The van der Waals surface area contributed by atoms with E-state index in [-0.39, 0.29) is 17.9 Å². The van der Waals surface area contributed by atoms with E-state index < -0.39 is 0 Å². The van der Waals surface area contributed by atoms with Crippen LogP contribution in [-0.2, 0) is 16.0 Å². The summed E-state index contributed by atoms with van der Waals surface area (Å²) in [5.74, 6) is 0.701. The molecule has 3 heterocycles. The quantitative estimate of drug-likeness (QED) is 0.784. The summed E-state index contributed by atoms with van der Waals surface area (Å²) in [7, 11) is 0. The molecule has 0 saturated carbocycles. The van der Waals surface area contributed by atoms with Crippen LogP contribution in [0.4, 0.5) is 5.69 Å². The highest BCUT2D eigenvalue weighted by atomic mass is 16.2. The highest BCUT2D eigenvalue weighted by Gasteiger charge is 2.34. The van der Waals surface area contributed by atoms with Gasteiger partial charge < -0.3 is 9.80 Å². The Morgan fingerprint density at radius 2 is 1.59 bits per heavy atom. The van der Waals surface area contributed by atoms with Crippen molar-refractivity contribution in [1.29, 1.82) is 0 Å². The number of likely N-dealkylation sites (tertiary alicyclic amines) is 2. The maximum atomic E-state index is 13.3. The van der Waals surface area contributed by atoms with Gasteiger partial charge in [-0.25, -0.2) is 0 Å². The van der Waals surface area contributed by atoms with Gasteiger partial charge >= 0.3 is 0 Å². The number of amides is 2. The Kier molecular flexibility index (Phi) is 6.53. The molecular formula is C24H35N3O2. The van der Waals surface area contributed by atoms with Gasteiger partial charge in [0.15, 0.2) is 0 Å². The molecule has 2 saturated heterocycles. The molecule has 2 amide bonds. The van der Waals surface area contributed by atoms with E-state index in [0.717, 1.165) is 76.9 Å². The van der Waals surface area contributed by atoms with Crippen LogP contribution in [0.3, 0.4) is 0 Å². The lowest BCUT2D eigenvalue weighted by Gasteiger charge is -2.39. The van der Waals surface area contributed by atoms with E-state index in [0.29, 0.717) is 5.91 Å². The smallest absolute Gasteiger partial charge is 0.244 e. The minimum atomic E-state index is -0.129. The van der Waals surface area contributed by atoms with Crippen molar-refractivity contribution in [3.63, 3.8) is 0 Å². The van der Waals surface area contributed by atoms with E-state index in [1.54, 1.807) is 0 Å². The second-order valence-electron chi connectivity index (χ2n) is 8.95. The fraction of sp³-hybridized carbons (Fsp3) is 0.667. The van der Waals surface area contributed by atoms with Gasteiger partial charge in [0, 0.05) is 31.2 Å². The van der Waals surface area contributed by atoms with Crippen molar-refractivity contribution in [2.45, 2.75) is 64.3 Å². The van der Waals surface area contributed by atoms with Crippen LogP contribution < -0.4 is 4.90 Å². The molecule has 5 heteroatoms. The van der Waals surface area contributed by atoms with Gasteiger partial charge in [-0.3, -0.25) is 14.5 Å². The Balaban J connectivity index is 1.34. The number of hydrogen-bond donors (Lipinski definition) is 0. The van der Waals surface area contributed by atoms with Gasteiger partial charge in [0.2, 0.25) is 11.8 Å². The van der Waals surface area contributed by atoms with Crippen LogP contribution in [0.5, 0.6) is 0 Å². The number of anilines is 1. The molecule has 1 atom stereocenters. The lowest BCUT2D eigenvalue weighted by Crippen LogP contribution is -2.52. The zero-order valence-corrected chi connectivity index (χ0v) is 17.8. The summed E-state index contributed by atoms with van der Waals surface area (Å²) in [5, 5.41) is 0.